The van der Waals surface area contributed by atoms with Gasteiger partial charge in [-0.3, -0.25) is 0 Å². The van der Waals surface area contributed by atoms with Crippen molar-refractivity contribution >= 4 is 5.97 Å². The molecule has 0 fully saturated rings. The maximum absolute atomic E-state index is 11.0. The number of aromatic carboxylic acids is 1. The van der Waals surface area contributed by atoms with Gasteiger partial charge in [-0.2, -0.15) is 0 Å². The van der Waals surface area contributed by atoms with Crippen molar-refractivity contribution in [1.82, 2.24) is 5.16 Å². The summed E-state index contributed by atoms with van der Waals surface area (Å²) in [6, 6.07) is 8.03. The van der Waals surface area contributed by atoms with Crippen LogP contribution in [0.1, 0.15) is 41.9 Å². The molecule has 19 heavy (non-hydrogen) atoms. The van der Waals surface area contributed by atoms with Crippen LogP contribution in [0.5, 0.6) is 0 Å². The monoisotopic (exact) mass is 259 g/mol. The number of hydrogen-bond acceptors (Lipinski definition) is 3. The quantitative estimate of drug-likeness (QED) is 0.891. The molecule has 0 atom stereocenters. The van der Waals surface area contributed by atoms with E-state index in [0.29, 0.717) is 17.7 Å². The Morgan fingerprint density at radius 2 is 1.95 bits per heavy atom. The van der Waals surface area contributed by atoms with E-state index in [4.69, 9.17) is 9.63 Å². The van der Waals surface area contributed by atoms with Crippen molar-refractivity contribution < 1.29 is 14.4 Å². The van der Waals surface area contributed by atoms with Crippen LogP contribution in [0.15, 0.2) is 28.8 Å². The van der Waals surface area contributed by atoms with Crippen LogP contribution >= 0.6 is 0 Å². The first-order chi connectivity index (χ1) is 9.17. The first-order valence-electron chi connectivity index (χ1n) is 6.48. The fourth-order valence-electron chi connectivity index (χ4n) is 2.15. The first kappa shape index (κ1) is 13.3. The minimum atomic E-state index is -1.07. The molecule has 0 unspecified atom stereocenters. The molecule has 0 amide bonds. The highest BCUT2D eigenvalue weighted by Gasteiger charge is 2.20. The van der Waals surface area contributed by atoms with Crippen LogP contribution in [0.2, 0.25) is 0 Å². The molecule has 100 valence electrons. The van der Waals surface area contributed by atoms with E-state index < -0.39 is 5.97 Å². The van der Waals surface area contributed by atoms with Crippen LogP contribution in [-0.2, 0) is 12.8 Å². The maximum Gasteiger partial charge on any atom is 0.375 e. The Morgan fingerprint density at radius 1 is 1.26 bits per heavy atom. The summed E-state index contributed by atoms with van der Waals surface area (Å²) in [6.07, 6.45) is 2.73. The largest absolute Gasteiger partial charge is 0.475 e. The van der Waals surface area contributed by atoms with Crippen LogP contribution in [0, 0.1) is 0 Å². The van der Waals surface area contributed by atoms with Gasteiger partial charge in [-0.1, -0.05) is 49.7 Å². The van der Waals surface area contributed by atoms with E-state index in [0.717, 1.165) is 18.4 Å². The summed E-state index contributed by atoms with van der Waals surface area (Å²) in [5.41, 5.74) is 3.44. The Morgan fingerprint density at radius 3 is 2.47 bits per heavy atom. The number of carboxylic acid groups (broad SMARTS) is 1. The summed E-state index contributed by atoms with van der Waals surface area (Å²) < 4.78 is 4.93. The highest BCUT2D eigenvalue weighted by molar-refractivity contribution is 5.88. The van der Waals surface area contributed by atoms with E-state index >= 15 is 0 Å². The molecule has 1 N–H and O–H groups in total. The minimum absolute atomic E-state index is 0.0601. The lowest BCUT2D eigenvalue weighted by Crippen LogP contribution is -1.98. The predicted octanol–water partition coefficient (Wildman–Crippen LogP) is 3.55. The highest BCUT2D eigenvalue weighted by atomic mass is 16.5. The molecule has 0 aliphatic rings. The fraction of sp³-hybridized carbons (Fsp3) is 0.333. The van der Waals surface area contributed by atoms with Crippen LogP contribution in [0.4, 0.5) is 0 Å². The van der Waals surface area contributed by atoms with Crippen molar-refractivity contribution in [3.05, 3.63) is 41.2 Å². The van der Waals surface area contributed by atoms with E-state index in [1.807, 2.05) is 31.2 Å². The summed E-state index contributed by atoms with van der Waals surface area (Å²) in [4.78, 5) is 11.0. The summed E-state index contributed by atoms with van der Waals surface area (Å²) in [5, 5.41) is 12.9. The van der Waals surface area contributed by atoms with E-state index in [1.165, 1.54) is 5.56 Å². The lowest BCUT2D eigenvalue weighted by molar-refractivity contribution is 0.0650. The molecule has 0 aliphatic carbocycles. The molecule has 4 heteroatoms. The van der Waals surface area contributed by atoms with Crippen LogP contribution in [-0.4, -0.2) is 16.2 Å². The SMILES string of the molecule is CCCc1ccc(-c2noc(C(=O)O)c2CC)cc1. The topological polar surface area (TPSA) is 63.3 Å². The van der Waals surface area contributed by atoms with Gasteiger partial charge in [0.05, 0.1) is 0 Å². The Hall–Kier alpha value is -2.10. The van der Waals surface area contributed by atoms with Gasteiger partial charge in [0.1, 0.15) is 5.69 Å². The van der Waals surface area contributed by atoms with Crippen molar-refractivity contribution in [3.63, 3.8) is 0 Å². The van der Waals surface area contributed by atoms with Crippen molar-refractivity contribution in [1.29, 1.82) is 0 Å². The number of rotatable bonds is 5. The minimum Gasteiger partial charge on any atom is -0.475 e. The second-order valence-electron chi connectivity index (χ2n) is 4.44. The zero-order chi connectivity index (χ0) is 13.8. The van der Waals surface area contributed by atoms with Crippen molar-refractivity contribution in [2.75, 3.05) is 0 Å². The number of aromatic nitrogens is 1. The molecule has 1 heterocycles. The highest BCUT2D eigenvalue weighted by Crippen LogP contribution is 2.26. The third-order valence-electron chi connectivity index (χ3n) is 3.10. The summed E-state index contributed by atoms with van der Waals surface area (Å²) in [5.74, 6) is -1.13. The van der Waals surface area contributed by atoms with E-state index in [2.05, 4.69) is 12.1 Å². The van der Waals surface area contributed by atoms with Crippen LogP contribution < -0.4 is 0 Å². The van der Waals surface area contributed by atoms with E-state index in [9.17, 15) is 4.79 Å². The normalized spacial score (nSPS) is 10.6. The van der Waals surface area contributed by atoms with Gasteiger partial charge in [-0.05, 0) is 18.4 Å². The number of benzene rings is 1. The number of nitrogens with zero attached hydrogens (tertiary/aromatic N) is 1. The first-order valence-corrected chi connectivity index (χ1v) is 6.48. The number of carbonyl (C=O) groups is 1. The molecule has 0 spiro atoms. The van der Waals surface area contributed by atoms with Crippen LogP contribution in [0.25, 0.3) is 11.3 Å². The Kier molecular flexibility index (Phi) is 4.00. The summed E-state index contributed by atoms with van der Waals surface area (Å²) >= 11 is 0. The molecule has 0 saturated heterocycles. The molecule has 4 nitrogen and oxygen atoms in total. The average Bonchev–Trinajstić information content (AvgIpc) is 2.84. The smallest absolute Gasteiger partial charge is 0.375 e. The van der Waals surface area contributed by atoms with Crippen molar-refractivity contribution in [2.24, 2.45) is 0 Å². The fourth-order valence-corrected chi connectivity index (χ4v) is 2.15. The number of hydrogen-bond donors (Lipinski definition) is 1. The van der Waals surface area contributed by atoms with Gasteiger partial charge < -0.3 is 9.63 Å². The van der Waals surface area contributed by atoms with Gasteiger partial charge >= 0.3 is 5.97 Å². The van der Waals surface area contributed by atoms with Crippen molar-refractivity contribution in [2.45, 2.75) is 33.1 Å². The van der Waals surface area contributed by atoms with Gasteiger partial charge in [0.15, 0.2) is 0 Å². The van der Waals surface area contributed by atoms with Gasteiger partial charge in [0.25, 0.3) is 0 Å². The lowest BCUT2D eigenvalue weighted by atomic mass is 10.0. The second kappa shape index (κ2) is 5.69. The third kappa shape index (κ3) is 2.67. The lowest BCUT2D eigenvalue weighted by Gasteiger charge is -2.02. The standard InChI is InChI=1S/C15H17NO3/c1-3-5-10-6-8-11(9-7-10)13-12(4-2)14(15(17)18)19-16-13/h6-9H,3-5H2,1-2H3,(H,17,18). The molecule has 0 radical (unpaired) electrons. The van der Waals surface area contributed by atoms with Gasteiger partial charge in [0, 0.05) is 11.1 Å². The number of aryl methyl sites for hydroxylation is 1. The summed E-state index contributed by atoms with van der Waals surface area (Å²) in [6.45, 7) is 4.04. The Labute approximate surface area is 112 Å². The molecule has 0 saturated carbocycles. The second-order valence-corrected chi connectivity index (χ2v) is 4.44. The maximum atomic E-state index is 11.0. The Balaban J connectivity index is 2.38. The zero-order valence-electron chi connectivity index (χ0n) is 11.1. The third-order valence-corrected chi connectivity index (χ3v) is 3.10. The molecular weight excluding hydrogens is 242 g/mol. The summed E-state index contributed by atoms with van der Waals surface area (Å²) in [7, 11) is 0. The van der Waals surface area contributed by atoms with Crippen molar-refractivity contribution in [3.8, 4) is 11.3 Å². The van der Waals surface area contributed by atoms with E-state index in [1.54, 1.807) is 0 Å². The predicted molar refractivity (Wildman–Crippen MR) is 72.3 cm³/mol. The van der Waals surface area contributed by atoms with Gasteiger partial charge in [-0.25, -0.2) is 4.79 Å². The Bertz CT molecular complexity index is 570. The molecular formula is C15H17NO3. The zero-order valence-corrected chi connectivity index (χ0v) is 11.1. The molecule has 0 aliphatic heterocycles. The molecule has 1 aromatic carbocycles. The molecule has 0 bridgehead atoms. The number of carboxylic acids is 1. The van der Waals surface area contributed by atoms with Gasteiger partial charge in [0.2, 0.25) is 5.76 Å². The molecule has 2 aromatic rings. The van der Waals surface area contributed by atoms with Gasteiger partial charge in [-0.15, -0.1) is 0 Å². The van der Waals surface area contributed by atoms with Crippen LogP contribution in [0.3, 0.4) is 0 Å². The average molecular weight is 259 g/mol. The molecule has 1 aromatic heterocycles. The molecule has 2 rings (SSSR count). The van der Waals surface area contributed by atoms with E-state index in [-0.39, 0.29) is 5.76 Å².